The van der Waals surface area contributed by atoms with E-state index in [-0.39, 0.29) is 5.91 Å². The van der Waals surface area contributed by atoms with E-state index in [9.17, 15) is 4.79 Å². The maximum Gasteiger partial charge on any atom is 0.251 e. The fourth-order valence-electron chi connectivity index (χ4n) is 2.88. The van der Waals surface area contributed by atoms with Crippen LogP contribution in [0.5, 0.6) is 11.5 Å². The summed E-state index contributed by atoms with van der Waals surface area (Å²) in [4.78, 5) is 12.6. The first kappa shape index (κ1) is 19.5. The summed E-state index contributed by atoms with van der Waals surface area (Å²) in [5.41, 5.74) is 3.62. The van der Waals surface area contributed by atoms with Crippen LogP contribution in [0.4, 0.5) is 0 Å². The van der Waals surface area contributed by atoms with Crippen LogP contribution in [0.25, 0.3) is 0 Å². The molecule has 3 rings (SSSR count). The SMILES string of the molecule is CCOc1ccc(C(=O)NCc2ccccc2)cc1COc1cccc(C)c1. The van der Waals surface area contributed by atoms with Crippen LogP contribution in [0.15, 0.2) is 72.8 Å². The van der Waals surface area contributed by atoms with Gasteiger partial charge in [-0.2, -0.15) is 0 Å². The van der Waals surface area contributed by atoms with Crippen LogP contribution in [0.3, 0.4) is 0 Å². The molecule has 28 heavy (non-hydrogen) atoms. The standard InChI is InChI=1S/C24H25NO3/c1-3-27-23-13-12-20(24(26)25-16-19-9-5-4-6-10-19)15-21(23)17-28-22-11-7-8-18(2)14-22/h4-15H,3,16-17H2,1-2H3,(H,25,26). The second-order valence-corrected chi connectivity index (χ2v) is 6.53. The van der Waals surface area contributed by atoms with Crippen LogP contribution in [-0.4, -0.2) is 12.5 Å². The number of aryl methyl sites for hydroxylation is 1. The van der Waals surface area contributed by atoms with Gasteiger partial charge in [-0.15, -0.1) is 0 Å². The molecule has 3 aromatic carbocycles. The minimum atomic E-state index is -0.122. The minimum Gasteiger partial charge on any atom is -0.493 e. The molecule has 0 saturated carbocycles. The highest BCUT2D eigenvalue weighted by Crippen LogP contribution is 2.23. The molecule has 0 aliphatic rings. The lowest BCUT2D eigenvalue weighted by Gasteiger charge is -2.14. The molecule has 0 saturated heterocycles. The molecule has 0 fully saturated rings. The predicted octanol–water partition coefficient (Wildman–Crippen LogP) is 4.90. The monoisotopic (exact) mass is 375 g/mol. The third-order valence-electron chi connectivity index (χ3n) is 4.30. The second kappa shape index (κ2) is 9.60. The van der Waals surface area contributed by atoms with Crippen LogP contribution in [0, 0.1) is 6.92 Å². The Hall–Kier alpha value is -3.27. The molecular formula is C24H25NO3. The number of nitrogens with one attached hydrogen (secondary N) is 1. The summed E-state index contributed by atoms with van der Waals surface area (Å²) >= 11 is 0. The molecule has 0 aliphatic carbocycles. The van der Waals surface area contributed by atoms with E-state index in [2.05, 4.69) is 5.32 Å². The summed E-state index contributed by atoms with van der Waals surface area (Å²) in [5.74, 6) is 1.40. The molecule has 4 heteroatoms. The number of hydrogen-bond acceptors (Lipinski definition) is 3. The molecule has 0 bridgehead atoms. The van der Waals surface area contributed by atoms with Crippen molar-refractivity contribution in [3.8, 4) is 11.5 Å². The van der Waals surface area contributed by atoms with Crippen LogP contribution < -0.4 is 14.8 Å². The van der Waals surface area contributed by atoms with Crippen LogP contribution in [0.1, 0.15) is 34.0 Å². The number of amides is 1. The van der Waals surface area contributed by atoms with Gasteiger partial charge in [0.05, 0.1) is 6.61 Å². The number of benzene rings is 3. The van der Waals surface area contributed by atoms with E-state index in [1.54, 1.807) is 6.07 Å². The van der Waals surface area contributed by atoms with Gasteiger partial charge in [0.2, 0.25) is 0 Å². The Balaban J connectivity index is 1.71. The quantitative estimate of drug-likeness (QED) is 0.609. The molecule has 0 aliphatic heterocycles. The van der Waals surface area contributed by atoms with Gasteiger partial charge < -0.3 is 14.8 Å². The van der Waals surface area contributed by atoms with Crippen molar-refractivity contribution < 1.29 is 14.3 Å². The smallest absolute Gasteiger partial charge is 0.251 e. The van der Waals surface area contributed by atoms with Crippen molar-refractivity contribution >= 4 is 5.91 Å². The van der Waals surface area contributed by atoms with Gasteiger partial charge in [-0.1, -0.05) is 42.5 Å². The Morgan fingerprint density at radius 3 is 2.50 bits per heavy atom. The lowest BCUT2D eigenvalue weighted by molar-refractivity contribution is 0.0950. The maximum atomic E-state index is 12.6. The molecule has 0 heterocycles. The summed E-state index contributed by atoms with van der Waals surface area (Å²) in [6.45, 7) is 5.33. The van der Waals surface area contributed by atoms with Gasteiger partial charge in [0.1, 0.15) is 18.1 Å². The number of carbonyl (C=O) groups excluding carboxylic acids is 1. The molecule has 1 amide bonds. The first-order valence-corrected chi connectivity index (χ1v) is 9.43. The van der Waals surface area contributed by atoms with Crippen molar-refractivity contribution in [2.75, 3.05) is 6.61 Å². The summed E-state index contributed by atoms with van der Waals surface area (Å²) in [6, 6.07) is 23.2. The zero-order valence-corrected chi connectivity index (χ0v) is 16.3. The highest BCUT2D eigenvalue weighted by Gasteiger charge is 2.11. The predicted molar refractivity (Wildman–Crippen MR) is 111 cm³/mol. The molecule has 0 spiro atoms. The van der Waals surface area contributed by atoms with E-state index in [0.29, 0.717) is 25.3 Å². The van der Waals surface area contributed by atoms with Crippen molar-refractivity contribution in [3.63, 3.8) is 0 Å². The summed E-state index contributed by atoms with van der Waals surface area (Å²) in [7, 11) is 0. The number of carbonyl (C=O) groups is 1. The molecule has 0 aromatic heterocycles. The van der Waals surface area contributed by atoms with Crippen molar-refractivity contribution in [3.05, 3.63) is 95.1 Å². The topological polar surface area (TPSA) is 47.6 Å². The van der Waals surface area contributed by atoms with Gasteiger partial charge >= 0.3 is 0 Å². The van der Waals surface area contributed by atoms with E-state index in [4.69, 9.17) is 9.47 Å². The summed E-state index contributed by atoms with van der Waals surface area (Å²) < 4.78 is 11.6. The van der Waals surface area contributed by atoms with Gasteiger partial charge in [0.15, 0.2) is 0 Å². The van der Waals surface area contributed by atoms with Crippen LogP contribution in [0.2, 0.25) is 0 Å². The van der Waals surface area contributed by atoms with Gasteiger partial charge in [0.25, 0.3) is 5.91 Å². The Morgan fingerprint density at radius 2 is 1.75 bits per heavy atom. The number of rotatable bonds is 8. The number of ether oxygens (including phenoxy) is 2. The lowest BCUT2D eigenvalue weighted by atomic mass is 10.1. The first-order valence-electron chi connectivity index (χ1n) is 9.43. The van der Waals surface area contributed by atoms with Crippen molar-refractivity contribution in [1.29, 1.82) is 0 Å². The zero-order valence-electron chi connectivity index (χ0n) is 16.3. The van der Waals surface area contributed by atoms with Gasteiger partial charge in [-0.05, 0) is 55.3 Å². The Labute approximate surface area is 166 Å². The second-order valence-electron chi connectivity index (χ2n) is 6.53. The molecule has 0 atom stereocenters. The molecule has 144 valence electrons. The summed E-state index contributed by atoms with van der Waals surface area (Å²) in [5, 5.41) is 2.95. The van der Waals surface area contributed by atoms with E-state index in [1.807, 2.05) is 80.6 Å². The molecule has 0 radical (unpaired) electrons. The van der Waals surface area contributed by atoms with Gasteiger partial charge in [-0.25, -0.2) is 0 Å². The van der Waals surface area contributed by atoms with Crippen LogP contribution >= 0.6 is 0 Å². The van der Waals surface area contributed by atoms with Gasteiger partial charge in [-0.3, -0.25) is 4.79 Å². The van der Waals surface area contributed by atoms with Crippen molar-refractivity contribution in [2.45, 2.75) is 27.0 Å². The molecular weight excluding hydrogens is 350 g/mol. The first-order chi connectivity index (χ1) is 13.7. The molecule has 3 aromatic rings. The molecule has 4 nitrogen and oxygen atoms in total. The zero-order chi connectivity index (χ0) is 19.8. The average molecular weight is 375 g/mol. The Bertz CT molecular complexity index is 922. The number of hydrogen-bond donors (Lipinski definition) is 1. The third kappa shape index (κ3) is 5.36. The third-order valence-corrected chi connectivity index (χ3v) is 4.30. The fraction of sp³-hybridized carbons (Fsp3) is 0.208. The van der Waals surface area contributed by atoms with E-state index < -0.39 is 0 Å². The van der Waals surface area contributed by atoms with Crippen molar-refractivity contribution in [2.24, 2.45) is 0 Å². The summed E-state index contributed by atoms with van der Waals surface area (Å²) in [6.07, 6.45) is 0. The fourth-order valence-corrected chi connectivity index (χ4v) is 2.88. The molecule has 1 N–H and O–H groups in total. The normalized spacial score (nSPS) is 10.4. The lowest BCUT2D eigenvalue weighted by Crippen LogP contribution is -2.23. The Kier molecular flexibility index (Phi) is 6.68. The van der Waals surface area contributed by atoms with E-state index in [0.717, 1.165) is 28.2 Å². The highest BCUT2D eigenvalue weighted by molar-refractivity contribution is 5.94. The minimum absolute atomic E-state index is 0.122. The van der Waals surface area contributed by atoms with Crippen LogP contribution in [-0.2, 0) is 13.2 Å². The average Bonchev–Trinajstić information content (AvgIpc) is 2.72. The highest BCUT2D eigenvalue weighted by atomic mass is 16.5. The maximum absolute atomic E-state index is 12.6. The van der Waals surface area contributed by atoms with E-state index in [1.165, 1.54) is 0 Å². The van der Waals surface area contributed by atoms with Crippen molar-refractivity contribution in [1.82, 2.24) is 5.32 Å². The largest absolute Gasteiger partial charge is 0.493 e. The molecule has 0 unspecified atom stereocenters. The van der Waals surface area contributed by atoms with Gasteiger partial charge in [0, 0.05) is 17.7 Å². The Morgan fingerprint density at radius 1 is 0.929 bits per heavy atom. The van der Waals surface area contributed by atoms with E-state index >= 15 is 0 Å².